The summed E-state index contributed by atoms with van der Waals surface area (Å²) in [5, 5.41) is 0. The van der Waals surface area contributed by atoms with Crippen LogP contribution in [0, 0.1) is 28.1 Å². The van der Waals surface area contributed by atoms with Gasteiger partial charge in [0.15, 0.2) is 5.78 Å². The van der Waals surface area contributed by atoms with Crippen LogP contribution in [0.4, 0.5) is 0 Å². The van der Waals surface area contributed by atoms with Crippen molar-refractivity contribution in [3.63, 3.8) is 0 Å². The van der Waals surface area contributed by atoms with Crippen LogP contribution in [-0.4, -0.2) is 5.78 Å². The molecule has 2 unspecified atom stereocenters. The van der Waals surface area contributed by atoms with E-state index in [2.05, 4.69) is 79.7 Å². The number of hydrogen-bond donors (Lipinski definition) is 0. The summed E-state index contributed by atoms with van der Waals surface area (Å²) in [5.41, 5.74) is 1.80. The molecule has 134 valence electrons. The molecule has 1 heteroatoms. The molecule has 0 saturated heterocycles. The summed E-state index contributed by atoms with van der Waals surface area (Å²) in [6.45, 7) is 17.6. The zero-order chi connectivity index (χ0) is 18.3. The second-order valence-electron chi connectivity index (χ2n) is 9.83. The van der Waals surface area contributed by atoms with Crippen LogP contribution < -0.4 is 0 Å². The molecule has 0 aromatic rings. The fourth-order valence-electron chi connectivity index (χ4n) is 4.24. The maximum absolute atomic E-state index is 13.2. The third-order valence-electron chi connectivity index (χ3n) is 5.82. The summed E-state index contributed by atoms with van der Waals surface area (Å²) in [5.74, 6) is 1.36. The Kier molecular flexibility index (Phi) is 5.06. The van der Waals surface area contributed by atoms with E-state index >= 15 is 0 Å². The van der Waals surface area contributed by atoms with Crippen LogP contribution in [0.2, 0.25) is 0 Å². The minimum Gasteiger partial charge on any atom is -0.289 e. The van der Waals surface area contributed by atoms with Crippen LogP contribution in [0.25, 0.3) is 0 Å². The number of ketones is 1. The number of rotatable bonds is 2. The summed E-state index contributed by atoms with van der Waals surface area (Å²) < 4.78 is 0. The lowest BCUT2D eigenvalue weighted by molar-refractivity contribution is -0.114. The van der Waals surface area contributed by atoms with Crippen LogP contribution in [0.15, 0.2) is 35.5 Å². The van der Waals surface area contributed by atoms with Crippen LogP contribution in [-0.2, 0) is 4.79 Å². The highest BCUT2D eigenvalue weighted by Crippen LogP contribution is 2.52. The average Bonchev–Trinajstić information content (AvgIpc) is 2.47. The van der Waals surface area contributed by atoms with Crippen LogP contribution in [0.1, 0.15) is 74.7 Å². The van der Waals surface area contributed by atoms with Gasteiger partial charge in [-0.3, -0.25) is 4.79 Å². The van der Waals surface area contributed by atoms with Gasteiger partial charge in [-0.25, -0.2) is 0 Å². The number of allylic oxidation sites excluding steroid dienone is 6. The molecule has 0 N–H and O–H groups in total. The van der Waals surface area contributed by atoms with Crippen molar-refractivity contribution in [2.45, 2.75) is 74.7 Å². The highest BCUT2D eigenvalue weighted by Gasteiger charge is 2.45. The van der Waals surface area contributed by atoms with Crippen molar-refractivity contribution in [1.29, 1.82) is 0 Å². The maximum Gasteiger partial charge on any atom is 0.185 e. The Morgan fingerprint density at radius 2 is 1.42 bits per heavy atom. The molecular weight excluding hydrogens is 292 g/mol. The first kappa shape index (κ1) is 19.2. The summed E-state index contributed by atoms with van der Waals surface area (Å²) in [6, 6.07) is 0. The van der Waals surface area contributed by atoms with Crippen molar-refractivity contribution in [3.05, 3.63) is 35.5 Å². The molecule has 0 aromatic carbocycles. The molecule has 0 amide bonds. The summed E-state index contributed by atoms with van der Waals surface area (Å²) in [7, 11) is 0. The Morgan fingerprint density at radius 3 is 1.79 bits per heavy atom. The molecule has 1 spiro atoms. The summed E-state index contributed by atoms with van der Waals surface area (Å²) in [6.07, 6.45) is 12.9. The Balaban J connectivity index is 2.68. The van der Waals surface area contributed by atoms with Gasteiger partial charge in [-0.15, -0.1) is 0 Å². The van der Waals surface area contributed by atoms with Crippen LogP contribution >= 0.6 is 0 Å². The molecule has 0 saturated carbocycles. The van der Waals surface area contributed by atoms with E-state index in [1.807, 2.05) is 0 Å². The third-order valence-corrected chi connectivity index (χ3v) is 5.82. The Labute approximate surface area is 149 Å². The number of carbonyl (C=O) groups is 1. The molecule has 0 bridgehead atoms. The zero-order valence-electron chi connectivity index (χ0n) is 17.0. The van der Waals surface area contributed by atoms with Crippen molar-refractivity contribution >= 4 is 5.78 Å². The van der Waals surface area contributed by atoms with Crippen molar-refractivity contribution in [1.82, 2.24) is 0 Å². The Hall–Kier alpha value is -1.11. The fraction of sp³-hybridized carbons (Fsp3) is 0.696. The average molecular weight is 329 g/mol. The molecule has 2 aliphatic carbocycles. The standard InChI is InChI=1S/C23H36O/c1-9-16-11-12-17(10-2)23(13-16)14-18(21(3,4)5)20(24)19(15-23)22(6,7)8/h11-12,14-17H,9-10,13H2,1-8H3. The minimum atomic E-state index is -0.115. The predicted molar refractivity (Wildman–Crippen MR) is 104 cm³/mol. The van der Waals surface area contributed by atoms with Gasteiger partial charge in [0.25, 0.3) is 0 Å². The second kappa shape index (κ2) is 6.32. The first-order valence-corrected chi connectivity index (χ1v) is 9.64. The van der Waals surface area contributed by atoms with Crippen molar-refractivity contribution < 1.29 is 4.79 Å². The normalized spacial score (nSPS) is 27.2. The lowest BCUT2D eigenvalue weighted by atomic mass is 9.58. The predicted octanol–water partition coefficient (Wildman–Crippen LogP) is 6.51. The first-order chi connectivity index (χ1) is 10.9. The fourth-order valence-corrected chi connectivity index (χ4v) is 4.24. The summed E-state index contributed by atoms with van der Waals surface area (Å²) >= 11 is 0. The van der Waals surface area contributed by atoms with Crippen LogP contribution in [0.3, 0.4) is 0 Å². The van der Waals surface area contributed by atoms with Gasteiger partial charge in [-0.2, -0.15) is 0 Å². The molecule has 0 radical (unpaired) electrons. The lowest BCUT2D eigenvalue weighted by Crippen LogP contribution is -2.39. The van der Waals surface area contributed by atoms with E-state index in [4.69, 9.17) is 0 Å². The molecule has 0 aromatic heterocycles. The highest BCUT2D eigenvalue weighted by atomic mass is 16.1. The van der Waals surface area contributed by atoms with Gasteiger partial charge in [0.1, 0.15) is 0 Å². The van der Waals surface area contributed by atoms with E-state index in [-0.39, 0.29) is 22.0 Å². The molecule has 2 atom stereocenters. The second-order valence-corrected chi connectivity index (χ2v) is 9.83. The van der Waals surface area contributed by atoms with E-state index in [0.29, 0.717) is 11.8 Å². The smallest absolute Gasteiger partial charge is 0.185 e. The van der Waals surface area contributed by atoms with Crippen molar-refractivity contribution in [2.75, 3.05) is 0 Å². The lowest BCUT2D eigenvalue weighted by Gasteiger charge is -2.45. The van der Waals surface area contributed by atoms with Gasteiger partial charge >= 0.3 is 0 Å². The Morgan fingerprint density at radius 1 is 0.917 bits per heavy atom. The zero-order valence-corrected chi connectivity index (χ0v) is 17.0. The van der Waals surface area contributed by atoms with Gasteiger partial charge in [0.05, 0.1) is 0 Å². The highest BCUT2D eigenvalue weighted by molar-refractivity contribution is 6.11. The minimum absolute atomic E-state index is 0.00329. The van der Waals surface area contributed by atoms with Crippen molar-refractivity contribution in [3.8, 4) is 0 Å². The first-order valence-electron chi connectivity index (χ1n) is 9.64. The summed E-state index contributed by atoms with van der Waals surface area (Å²) in [4.78, 5) is 13.2. The third kappa shape index (κ3) is 3.46. The molecule has 24 heavy (non-hydrogen) atoms. The van der Waals surface area contributed by atoms with Gasteiger partial charge in [-0.05, 0) is 41.9 Å². The Bertz CT molecular complexity index is 553. The number of Topliss-reactive ketones (excluding diaryl/α,β-unsaturated/α-hetero) is 1. The van der Waals surface area contributed by atoms with Gasteiger partial charge in [-0.1, -0.05) is 79.7 Å². The SMILES string of the molecule is CCC1C=CC(CC)C2(C=C(C(C)(C)C)C(=O)C(C(C)(C)C)=C2)C1. The molecule has 0 aliphatic heterocycles. The van der Waals surface area contributed by atoms with E-state index in [0.717, 1.165) is 24.0 Å². The molecule has 2 rings (SSSR count). The van der Waals surface area contributed by atoms with Crippen molar-refractivity contribution in [2.24, 2.45) is 28.1 Å². The monoisotopic (exact) mass is 328 g/mol. The van der Waals surface area contributed by atoms with E-state index < -0.39 is 0 Å². The van der Waals surface area contributed by atoms with Gasteiger partial charge < -0.3 is 0 Å². The molecular formula is C23H36O. The molecule has 0 heterocycles. The molecule has 1 nitrogen and oxygen atoms in total. The van der Waals surface area contributed by atoms with Gasteiger partial charge in [0.2, 0.25) is 0 Å². The number of hydrogen-bond acceptors (Lipinski definition) is 1. The largest absolute Gasteiger partial charge is 0.289 e. The van der Waals surface area contributed by atoms with E-state index in [1.165, 1.54) is 6.42 Å². The topological polar surface area (TPSA) is 17.1 Å². The number of carbonyl (C=O) groups excluding carboxylic acids is 1. The quantitative estimate of drug-likeness (QED) is 0.528. The van der Waals surface area contributed by atoms with Crippen LogP contribution in [0.5, 0.6) is 0 Å². The van der Waals surface area contributed by atoms with Gasteiger partial charge in [0, 0.05) is 16.6 Å². The molecule has 2 aliphatic rings. The maximum atomic E-state index is 13.2. The van der Waals surface area contributed by atoms with E-state index in [1.54, 1.807) is 0 Å². The molecule has 0 fully saturated rings. The van der Waals surface area contributed by atoms with E-state index in [9.17, 15) is 4.79 Å².